The minimum Gasteiger partial charge on any atom is -0.356 e. The van der Waals surface area contributed by atoms with E-state index in [0.29, 0.717) is 23.9 Å². The topological polar surface area (TPSA) is 75.2 Å². The van der Waals surface area contributed by atoms with Crippen molar-refractivity contribution in [2.24, 2.45) is 11.8 Å². The molecule has 6 nitrogen and oxygen atoms in total. The first kappa shape index (κ1) is 18.5. The van der Waals surface area contributed by atoms with Gasteiger partial charge < -0.3 is 10.2 Å². The standard InChI is InChI=1S/C19H24N4O2S/c1-13(2)17(24)21-10-14-4-3-9-23(12-14)19(25)16-11-22-18(26-16)15-5-7-20-8-6-15/h5-8,11,13-14H,3-4,9-10,12H2,1-2H3,(H,21,24). The number of likely N-dealkylation sites (tertiary alicyclic amines) is 1. The number of aromatic nitrogens is 2. The van der Waals surface area contributed by atoms with Crippen LogP contribution >= 0.6 is 11.3 Å². The summed E-state index contributed by atoms with van der Waals surface area (Å²) >= 11 is 1.41. The third kappa shape index (κ3) is 4.46. The summed E-state index contributed by atoms with van der Waals surface area (Å²) in [7, 11) is 0. The second-order valence-electron chi connectivity index (χ2n) is 6.92. The van der Waals surface area contributed by atoms with E-state index in [1.54, 1.807) is 18.6 Å². The van der Waals surface area contributed by atoms with E-state index >= 15 is 0 Å². The van der Waals surface area contributed by atoms with Crippen molar-refractivity contribution >= 4 is 23.2 Å². The first-order valence-electron chi connectivity index (χ1n) is 8.98. The molecule has 1 aliphatic heterocycles. The maximum Gasteiger partial charge on any atom is 0.265 e. The van der Waals surface area contributed by atoms with Crippen molar-refractivity contribution in [1.82, 2.24) is 20.2 Å². The van der Waals surface area contributed by atoms with Crippen molar-refractivity contribution in [3.8, 4) is 10.6 Å². The lowest BCUT2D eigenvalue weighted by Crippen LogP contribution is -2.44. The molecule has 1 N–H and O–H groups in total. The largest absolute Gasteiger partial charge is 0.356 e. The van der Waals surface area contributed by atoms with E-state index in [4.69, 9.17) is 0 Å². The maximum absolute atomic E-state index is 12.8. The third-order valence-electron chi connectivity index (χ3n) is 4.54. The molecule has 1 fully saturated rings. The van der Waals surface area contributed by atoms with Gasteiger partial charge in [0.1, 0.15) is 9.88 Å². The van der Waals surface area contributed by atoms with Crippen molar-refractivity contribution in [3.63, 3.8) is 0 Å². The number of rotatable bonds is 5. The number of thiazole rings is 1. The third-order valence-corrected chi connectivity index (χ3v) is 5.57. The number of carbonyl (C=O) groups excluding carboxylic acids is 2. The molecule has 0 aromatic carbocycles. The first-order valence-corrected chi connectivity index (χ1v) is 9.79. The fourth-order valence-corrected chi connectivity index (χ4v) is 3.91. The van der Waals surface area contributed by atoms with Crippen LogP contribution in [-0.2, 0) is 4.79 Å². The van der Waals surface area contributed by atoms with Crippen LogP contribution in [0.25, 0.3) is 10.6 Å². The molecule has 0 bridgehead atoms. The molecule has 1 saturated heterocycles. The second-order valence-corrected chi connectivity index (χ2v) is 7.96. The Morgan fingerprint density at radius 1 is 1.35 bits per heavy atom. The molecule has 2 aromatic heterocycles. The normalized spacial score (nSPS) is 17.3. The van der Waals surface area contributed by atoms with Crippen LogP contribution in [-0.4, -0.2) is 46.3 Å². The lowest BCUT2D eigenvalue weighted by Gasteiger charge is -2.32. The number of hydrogen-bond acceptors (Lipinski definition) is 5. The zero-order valence-electron chi connectivity index (χ0n) is 15.1. The number of pyridine rings is 1. The summed E-state index contributed by atoms with van der Waals surface area (Å²) < 4.78 is 0. The lowest BCUT2D eigenvalue weighted by atomic mass is 9.97. The van der Waals surface area contributed by atoms with Gasteiger partial charge in [0.15, 0.2) is 0 Å². The quantitative estimate of drug-likeness (QED) is 0.876. The summed E-state index contributed by atoms with van der Waals surface area (Å²) in [5.41, 5.74) is 0.969. The zero-order chi connectivity index (χ0) is 18.5. The van der Waals surface area contributed by atoms with Gasteiger partial charge in [0.05, 0.1) is 6.20 Å². The Bertz CT molecular complexity index is 760. The fourth-order valence-electron chi connectivity index (χ4n) is 3.02. The minimum absolute atomic E-state index is 0.0138. The van der Waals surface area contributed by atoms with Gasteiger partial charge in [-0.05, 0) is 30.9 Å². The molecule has 7 heteroatoms. The first-order chi connectivity index (χ1) is 12.5. The molecule has 1 aliphatic rings. The molecule has 2 amide bonds. The van der Waals surface area contributed by atoms with E-state index in [9.17, 15) is 9.59 Å². The van der Waals surface area contributed by atoms with Crippen molar-refractivity contribution in [3.05, 3.63) is 35.6 Å². The van der Waals surface area contributed by atoms with Crippen LogP contribution in [0.2, 0.25) is 0 Å². The molecule has 26 heavy (non-hydrogen) atoms. The average Bonchev–Trinajstić information content (AvgIpc) is 3.16. The van der Waals surface area contributed by atoms with Gasteiger partial charge in [0, 0.05) is 43.5 Å². The van der Waals surface area contributed by atoms with Crippen LogP contribution in [0.4, 0.5) is 0 Å². The van der Waals surface area contributed by atoms with Crippen LogP contribution in [0.15, 0.2) is 30.7 Å². The van der Waals surface area contributed by atoms with E-state index in [1.807, 2.05) is 30.9 Å². The molecule has 0 saturated carbocycles. The van der Waals surface area contributed by atoms with Gasteiger partial charge in [-0.25, -0.2) is 4.98 Å². The summed E-state index contributed by atoms with van der Waals surface area (Å²) in [5, 5.41) is 3.81. The summed E-state index contributed by atoms with van der Waals surface area (Å²) in [6.07, 6.45) is 7.10. The smallest absolute Gasteiger partial charge is 0.265 e. The Morgan fingerprint density at radius 2 is 2.12 bits per heavy atom. The van der Waals surface area contributed by atoms with Crippen LogP contribution in [0.5, 0.6) is 0 Å². The average molecular weight is 372 g/mol. The van der Waals surface area contributed by atoms with Crippen molar-refractivity contribution in [1.29, 1.82) is 0 Å². The van der Waals surface area contributed by atoms with Gasteiger partial charge in [-0.2, -0.15) is 0 Å². The highest BCUT2D eigenvalue weighted by molar-refractivity contribution is 7.16. The number of nitrogens with zero attached hydrogens (tertiary/aromatic N) is 3. The van der Waals surface area contributed by atoms with Crippen molar-refractivity contribution < 1.29 is 9.59 Å². The molecule has 3 rings (SSSR count). The number of nitrogens with one attached hydrogen (secondary N) is 1. The highest BCUT2D eigenvalue weighted by Gasteiger charge is 2.26. The Balaban J connectivity index is 1.61. The van der Waals surface area contributed by atoms with Crippen LogP contribution in [0, 0.1) is 11.8 Å². The molecule has 138 valence electrons. The summed E-state index contributed by atoms with van der Waals surface area (Å²) in [4.78, 5) is 35.5. The highest BCUT2D eigenvalue weighted by atomic mass is 32.1. The zero-order valence-corrected chi connectivity index (χ0v) is 16.0. The lowest BCUT2D eigenvalue weighted by molar-refractivity contribution is -0.124. The van der Waals surface area contributed by atoms with Crippen LogP contribution in [0.1, 0.15) is 36.4 Å². The Kier molecular flexibility index (Phi) is 5.98. The van der Waals surface area contributed by atoms with Gasteiger partial charge >= 0.3 is 0 Å². The predicted octanol–water partition coefficient (Wildman–Crippen LogP) is 2.83. The monoisotopic (exact) mass is 372 g/mol. The number of hydrogen-bond donors (Lipinski definition) is 1. The Hall–Kier alpha value is -2.28. The highest BCUT2D eigenvalue weighted by Crippen LogP contribution is 2.26. The van der Waals surface area contributed by atoms with Gasteiger partial charge in [0.2, 0.25) is 5.91 Å². The van der Waals surface area contributed by atoms with E-state index in [2.05, 4.69) is 15.3 Å². The number of piperidine rings is 1. The molecule has 1 atom stereocenters. The minimum atomic E-state index is -0.0138. The van der Waals surface area contributed by atoms with Crippen molar-refractivity contribution in [2.75, 3.05) is 19.6 Å². The van der Waals surface area contributed by atoms with Gasteiger partial charge in [-0.1, -0.05) is 13.8 Å². The summed E-state index contributed by atoms with van der Waals surface area (Å²) in [6, 6.07) is 3.78. The molecule has 0 radical (unpaired) electrons. The predicted molar refractivity (Wildman–Crippen MR) is 102 cm³/mol. The van der Waals surface area contributed by atoms with E-state index in [-0.39, 0.29) is 17.7 Å². The molecule has 2 aromatic rings. The summed E-state index contributed by atoms with van der Waals surface area (Å²) in [6.45, 7) is 5.84. The van der Waals surface area contributed by atoms with Gasteiger partial charge in [0.25, 0.3) is 5.91 Å². The van der Waals surface area contributed by atoms with Crippen LogP contribution < -0.4 is 5.32 Å². The van der Waals surface area contributed by atoms with E-state index < -0.39 is 0 Å². The molecule has 0 aliphatic carbocycles. The van der Waals surface area contributed by atoms with E-state index in [0.717, 1.165) is 30.0 Å². The molecular formula is C19H24N4O2S. The van der Waals surface area contributed by atoms with Gasteiger partial charge in [-0.15, -0.1) is 11.3 Å². The Labute approximate surface area is 157 Å². The molecule has 3 heterocycles. The Morgan fingerprint density at radius 3 is 2.85 bits per heavy atom. The van der Waals surface area contributed by atoms with Crippen LogP contribution in [0.3, 0.4) is 0 Å². The number of amides is 2. The number of carbonyl (C=O) groups is 2. The maximum atomic E-state index is 12.8. The SMILES string of the molecule is CC(C)C(=O)NCC1CCCN(C(=O)c2cnc(-c3ccncc3)s2)C1. The van der Waals surface area contributed by atoms with Crippen molar-refractivity contribution in [2.45, 2.75) is 26.7 Å². The molecule has 0 spiro atoms. The summed E-state index contributed by atoms with van der Waals surface area (Å²) in [5.74, 6) is 0.392. The second kappa shape index (κ2) is 8.40. The van der Waals surface area contributed by atoms with E-state index in [1.165, 1.54) is 11.3 Å². The molecule has 1 unspecified atom stereocenters. The van der Waals surface area contributed by atoms with Gasteiger partial charge in [-0.3, -0.25) is 14.6 Å². The fraction of sp³-hybridized carbons (Fsp3) is 0.474. The molecular weight excluding hydrogens is 348 g/mol.